The summed E-state index contributed by atoms with van der Waals surface area (Å²) in [4.78, 5) is 25.2. The maximum Gasteiger partial charge on any atom is 0.194 e. The first-order valence-corrected chi connectivity index (χ1v) is 8.65. The van der Waals surface area contributed by atoms with Gasteiger partial charge in [0.15, 0.2) is 17.1 Å². The summed E-state index contributed by atoms with van der Waals surface area (Å²) in [6.07, 6.45) is -21.5. The van der Waals surface area contributed by atoms with Gasteiger partial charge in [0.05, 0.1) is 19.3 Å². The molecule has 0 aliphatic carbocycles. The highest BCUT2D eigenvalue weighted by atomic mass is 16.4. The molecule has 0 fully saturated rings. The van der Waals surface area contributed by atoms with Crippen LogP contribution in [0.3, 0.4) is 0 Å². The van der Waals surface area contributed by atoms with Crippen molar-refractivity contribution in [2.45, 2.75) is 60.5 Å². The number of carbonyl (C=O) groups excluding carboxylic acids is 2. The summed E-state index contributed by atoms with van der Waals surface area (Å²) >= 11 is 0. The average Bonchev–Trinajstić information content (AvgIpc) is 2.77. The van der Waals surface area contributed by atoms with E-state index in [0.29, 0.717) is 0 Å². The van der Waals surface area contributed by atoms with Crippen molar-refractivity contribution in [2.24, 2.45) is 11.5 Å². The number of aliphatic hydroxyl groups is 11. The molecule has 15 N–H and O–H groups in total. The predicted molar refractivity (Wildman–Crippen MR) is 94.2 cm³/mol. The summed E-state index contributed by atoms with van der Waals surface area (Å²) in [6.45, 7) is -3.09. The van der Waals surface area contributed by atoms with Crippen LogP contribution in [-0.4, -0.2) is 148 Å². The van der Waals surface area contributed by atoms with E-state index < -0.39 is 91.8 Å². The first-order valence-electron chi connectivity index (χ1n) is 8.65. The number of Topliss-reactive ketones (excluding diaryl/α,β-unsaturated/α-hetero) is 2. The van der Waals surface area contributed by atoms with Gasteiger partial charge in [0.1, 0.15) is 48.8 Å². The van der Waals surface area contributed by atoms with Gasteiger partial charge >= 0.3 is 0 Å². The Morgan fingerprint density at radius 1 is 0.667 bits per heavy atom. The number of aliphatic hydroxyl groups excluding tert-OH is 11. The van der Waals surface area contributed by atoms with Crippen LogP contribution in [0.2, 0.25) is 0 Å². The Balaban J connectivity index is 5.93. The molecule has 0 rings (SSSR count). The maximum absolute atomic E-state index is 12.6. The van der Waals surface area contributed by atoms with Gasteiger partial charge in [-0.3, -0.25) is 9.59 Å². The van der Waals surface area contributed by atoms with Crippen LogP contribution in [0.1, 0.15) is 0 Å². The second kappa shape index (κ2) is 12.0. The van der Waals surface area contributed by atoms with Crippen LogP contribution in [0.4, 0.5) is 0 Å². The van der Waals surface area contributed by atoms with Crippen molar-refractivity contribution in [1.29, 1.82) is 0 Å². The predicted octanol–water partition coefficient (Wildman–Crippen LogP) is -8.99. The van der Waals surface area contributed by atoms with Crippen LogP contribution in [0.15, 0.2) is 0 Å². The first kappa shape index (κ1) is 28.8. The van der Waals surface area contributed by atoms with E-state index in [1.165, 1.54) is 0 Å². The topological polar surface area (TPSA) is 309 Å². The van der Waals surface area contributed by atoms with Gasteiger partial charge in [-0.05, 0) is 0 Å². The van der Waals surface area contributed by atoms with Crippen LogP contribution in [0.5, 0.6) is 0 Å². The third kappa shape index (κ3) is 5.95. The van der Waals surface area contributed by atoms with Crippen molar-refractivity contribution in [2.75, 3.05) is 19.8 Å². The SMILES string of the molecule is NCC(O)C(N)(C(=O)[C@H](O)[C@@H](O)[C@H](O)[C@H](O)CO)C(=O)[C@H](O)[C@@H](O)[C@H](O)[C@H](O)CO. The Hall–Kier alpha value is -1.18. The number of ketones is 2. The molecule has 30 heavy (non-hydrogen) atoms. The molecule has 0 spiro atoms. The van der Waals surface area contributed by atoms with Gasteiger partial charge in [0.25, 0.3) is 0 Å². The monoisotopic (exact) mass is 446 g/mol. The minimum atomic E-state index is -3.30. The van der Waals surface area contributed by atoms with E-state index in [0.717, 1.165) is 0 Å². The van der Waals surface area contributed by atoms with Gasteiger partial charge in [-0.15, -0.1) is 0 Å². The molecular weight excluding hydrogens is 416 g/mol. The largest absolute Gasteiger partial charge is 0.394 e. The summed E-state index contributed by atoms with van der Waals surface area (Å²) in [7, 11) is 0. The molecule has 0 amide bonds. The molecule has 0 aliphatic rings. The molecule has 0 radical (unpaired) electrons. The molecule has 0 aromatic rings. The highest BCUT2D eigenvalue weighted by Crippen LogP contribution is 2.21. The van der Waals surface area contributed by atoms with Crippen molar-refractivity contribution >= 4 is 11.6 Å². The first-order chi connectivity index (χ1) is 13.7. The Labute approximate surface area is 170 Å². The molecule has 15 heteroatoms. The molecule has 0 heterocycles. The zero-order chi connectivity index (χ0) is 24.0. The van der Waals surface area contributed by atoms with Crippen molar-refractivity contribution in [3.8, 4) is 0 Å². The van der Waals surface area contributed by atoms with Crippen LogP contribution in [-0.2, 0) is 9.59 Å². The highest BCUT2D eigenvalue weighted by Gasteiger charge is 2.55. The van der Waals surface area contributed by atoms with Crippen LogP contribution < -0.4 is 11.5 Å². The quantitative estimate of drug-likeness (QED) is 0.110. The Kier molecular flexibility index (Phi) is 11.5. The Morgan fingerprint density at radius 2 is 0.967 bits per heavy atom. The average molecular weight is 446 g/mol. The Morgan fingerprint density at radius 3 is 1.20 bits per heavy atom. The lowest BCUT2D eigenvalue weighted by atomic mass is 9.76. The lowest BCUT2D eigenvalue weighted by Gasteiger charge is -2.37. The molecule has 178 valence electrons. The normalized spacial score (nSPS) is 21.6. The van der Waals surface area contributed by atoms with Crippen molar-refractivity contribution < 1.29 is 65.8 Å². The molecule has 9 atom stereocenters. The van der Waals surface area contributed by atoms with Gasteiger partial charge in [-0.1, -0.05) is 0 Å². The van der Waals surface area contributed by atoms with Gasteiger partial charge in [-0.25, -0.2) is 0 Å². The lowest BCUT2D eigenvalue weighted by molar-refractivity contribution is -0.167. The highest BCUT2D eigenvalue weighted by molar-refractivity contribution is 6.15. The van der Waals surface area contributed by atoms with Gasteiger partial charge in [0, 0.05) is 6.54 Å². The summed E-state index contributed by atoms with van der Waals surface area (Å²) in [5, 5.41) is 105. The van der Waals surface area contributed by atoms with E-state index >= 15 is 0 Å². The molecule has 0 aromatic carbocycles. The number of rotatable bonds is 14. The van der Waals surface area contributed by atoms with Crippen LogP contribution in [0, 0.1) is 0 Å². The summed E-state index contributed by atoms with van der Waals surface area (Å²) in [6, 6.07) is 0. The smallest absolute Gasteiger partial charge is 0.194 e. The second-order valence-corrected chi connectivity index (χ2v) is 6.70. The maximum atomic E-state index is 12.6. The molecular formula is C15H30N2O13. The second-order valence-electron chi connectivity index (χ2n) is 6.70. The standard InChI is InChI=1S/C15H30N2O13/c16-1-6(22)15(17,13(29)11(27)9(25)7(23)4(20)2-18)14(30)12(28)10(26)8(24)5(21)3-19/h4-12,18-28H,1-3,16-17H2/t4-,5-,6?,7-,8-,9+,10+,11-,12-/m1/s1. The summed E-state index contributed by atoms with van der Waals surface area (Å²) in [5.74, 6) is -3.80. The van der Waals surface area contributed by atoms with E-state index in [4.69, 9.17) is 21.7 Å². The van der Waals surface area contributed by atoms with E-state index in [9.17, 15) is 55.5 Å². The lowest BCUT2D eigenvalue weighted by Crippen LogP contribution is -2.72. The van der Waals surface area contributed by atoms with Crippen molar-refractivity contribution in [3.05, 3.63) is 0 Å². The number of hydrogen-bond acceptors (Lipinski definition) is 15. The zero-order valence-electron chi connectivity index (χ0n) is 15.7. The fraction of sp³-hybridized carbons (Fsp3) is 0.867. The third-order valence-corrected chi connectivity index (χ3v) is 4.61. The fourth-order valence-electron chi connectivity index (χ4n) is 2.48. The van der Waals surface area contributed by atoms with Gasteiger partial charge in [-0.2, -0.15) is 0 Å². The summed E-state index contributed by atoms with van der Waals surface area (Å²) < 4.78 is 0. The van der Waals surface area contributed by atoms with Crippen LogP contribution in [0.25, 0.3) is 0 Å². The van der Waals surface area contributed by atoms with E-state index in [-0.39, 0.29) is 0 Å². The molecule has 0 bridgehead atoms. The summed E-state index contributed by atoms with van der Waals surface area (Å²) in [5.41, 5.74) is 7.45. The van der Waals surface area contributed by atoms with E-state index in [1.807, 2.05) is 0 Å². The molecule has 1 unspecified atom stereocenters. The number of nitrogens with two attached hydrogens (primary N) is 2. The molecule has 0 saturated heterocycles. The molecule has 0 saturated carbocycles. The van der Waals surface area contributed by atoms with Crippen molar-refractivity contribution in [1.82, 2.24) is 0 Å². The van der Waals surface area contributed by atoms with E-state index in [2.05, 4.69) is 0 Å². The van der Waals surface area contributed by atoms with Crippen molar-refractivity contribution in [3.63, 3.8) is 0 Å². The van der Waals surface area contributed by atoms with Crippen LogP contribution >= 0.6 is 0 Å². The Bertz CT molecular complexity index is 525. The minimum Gasteiger partial charge on any atom is -0.394 e. The molecule has 0 aromatic heterocycles. The third-order valence-electron chi connectivity index (χ3n) is 4.61. The number of hydrogen-bond donors (Lipinski definition) is 13. The minimum absolute atomic E-state index is 0.913. The zero-order valence-corrected chi connectivity index (χ0v) is 15.7. The van der Waals surface area contributed by atoms with Gasteiger partial charge < -0.3 is 67.6 Å². The molecule has 15 nitrogen and oxygen atoms in total. The molecule has 0 aliphatic heterocycles. The fourth-order valence-corrected chi connectivity index (χ4v) is 2.48. The number of carbonyl (C=O) groups is 2. The van der Waals surface area contributed by atoms with Gasteiger partial charge in [0.2, 0.25) is 0 Å². The van der Waals surface area contributed by atoms with E-state index in [1.54, 1.807) is 0 Å².